The Morgan fingerprint density at radius 1 is 1.22 bits per heavy atom. The van der Waals surface area contributed by atoms with E-state index in [1.165, 1.54) is 0 Å². The topological polar surface area (TPSA) is 60.9 Å². The SMILES string of the molecule is CCC(N)c1nc2cccc(Cl)c2c(=O)n1-c1ccccc1C. The summed E-state index contributed by atoms with van der Waals surface area (Å²) < 4.78 is 1.59. The quantitative estimate of drug-likeness (QED) is 0.796. The van der Waals surface area contributed by atoms with Crippen LogP contribution in [-0.4, -0.2) is 9.55 Å². The number of hydrogen-bond acceptors (Lipinski definition) is 3. The third kappa shape index (κ3) is 2.64. The third-order valence-electron chi connectivity index (χ3n) is 4.00. The highest BCUT2D eigenvalue weighted by atomic mass is 35.5. The number of nitrogens with two attached hydrogens (primary N) is 1. The molecule has 0 aliphatic heterocycles. The van der Waals surface area contributed by atoms with Crippen LogP contribution in [0.25, 0.3) is 16.6 Å². The number of rotatable bonds is 3. The summed E-state index contributed by atoms with van der Waals surface area (Å²) >= 11 is 6.24. The van der Waals surface area contributed by atoms with Gasteiger partial charge in [0, 0.05) is 0 Å². The zero-order valence-electron chi connectivity index (χ0n) is 13.1. The molecule has 0 saturated heterocycles. The molecule has 1 aromatic heterocycles. The number of aryl methyl sites for hydroxylation is 1. The van der Waals surface area contributed by atoms with Crippen molar-refractivity contribution in [2.75, 3.05) is 0 Å². The summed E-state index contributed by atoms with van der Waals surface area (Å²) in [5, 5.41) is 0.823. The van der Waals surface area contributed by atoms with Crippen LogP contribution in [0.15, 0.2) is 47.3 Å². The molecule has 118 valence electrons. The standard InChI is InChI=1S/C18H18ClN3O/c1-3-13(20)17-21-14-9-6-8-12(19)16(14)18(23)22(17)15-10-5-4-7-11(15)2/h4-10,13H,3,20H2,1-2H3. The fourth-order valence-electron chi connectivity index (χ4n) is 2.69. The maximum atomic E-state index is 13.1. The monoisotopic (exact) mass is 327 g/mol. The number of benzene rings is 2. The second kappa shape index (κ2) is 6.14. The molecule has 3 aromatic rings. The molecule has 4 nitrogen and oxygen atoms in total. The zero-order valence-corrected chi connectivity index (χ0v) is 13.8. The van der Waals surface area contributed by atoms with Gasteiger partial charge in [0.05, 0.1) is 27.7 Å². The Morgan fingerprint density at radius 3 is 2.65 bits per heavy atom. The van der Waals surface area contributed by atoms with Gasteiger partial charge >= 0.3 is 0 Å². The van der Waals surface area contributed by atoms with Crippen molar-refractivity contribution in [3.05, 3.63) is 69.2 Å². The van der Waals surface area contributed by atoms with Crippen molar-refractivity contribution >= 4 is 22.5 Å². The molecule has 0 spiro atoms. The lowest BCUT2D eigenvalue weighted by atomic mass is 10.1. The van der Waals surface area contributed by atoms with Crippen LogP contribution in [0.1, 0.15) is 30.8 Å². The number of fused-ring (bicyclic) bond motifs is 1. The largest absolute Gasteiger partial charge is 0.321 e. The summed E-state index contributed by atoms with van der Waals surface area (Å²) in [5.74, 6) is 0.557. The Bertz CT molecular complexity index is 933. The molecule has 0 saturated carbocycles. The van der Waals surface area contributed by atoms with E-state index < -0.39 is 0 Å². The molecule has 1 atom stereocenters. The predicted molar refractivity (Wildman–Crippen MR) is 94.3 cm³/mol. The maximum absolute atomic E-state index is 13.1. The summed E-state index contributed by atoms with van der Waals surface area (Å²) in [6, 6.07) is 12.6. The Labute approximate surface area is 139 Å². The molecule has 0 fully saturated rings. The van der Waals surface area contributed by atoms with Crippen molar-refractivity contribution < 1.29 is 0 Å². The van der Waals surface area contributed by atoms with Crippen LogP contribution in [0.5, 0.6) is 0 Å². The highest BCUT2D eigenvalue weighted by Gasteiger charge is 2.19. The van der Waals surface area contributed by atoms with Gasteiger partial charge in [0.25, 0.3) is 5.56 Å². The fourth-order valence-corrected chi connectivity index (χ4v) is 2.94. The van der Waals surface area contributed by atoms with Crippen molar-refractivity contribution in [2.24, 2.45) is 5.73 Å². The molecule has 0 bridgehead atoms. The third-order valence-corrected chi connectivity index (χ3v) is 4.32. The van der Waals surface area contributed by atoms with Gasteiger partial charge in [0.1, 0.15) is 5.82 Å². The molecule has 1 unspecified atom stereocenters. The second-order valence-electron chi connectivity index (χ2n) is 5.55. The lowest BCUT2D eigenvalue weighted by Gasteiger charge is -2.19. The van der Waals surface area contributed by atoms with Crippen molar-refractivity contribution in [1.29, 1.82) is 0 Å². The molecule has 5 heteroatoms. The Morgan fingerprint density at radius 2 is 1.96 bits per heavy atom. The lowest BCUT2D eigenvalue weighted by molar-refractivity contribution is 0.622. The molecule has 3 rings (SSSR count). The first-order valence-electron chi connectivity index (χ1n) is 7.57. The minimum Gasteiger partial charge on any atom is -0.321 e. The first-order chi connectivity index (χ1) is 11.0. The Balaban J connectivity index is 2.48. The molecule has 0 aliphatic rings. The van der Waals surface area contributed by atoms with Crippen LogP contribution < -0.4 is 11.3 Å². The van der Waals surface area contributed by atoms with E-state index in [1.807, 2.05) is 38.1 Å². The lowest BCUT2D eigenvalue weighted by Crippen LogP contribution is -2.29. The van der Waals surface area contributed by atoms with E-state index in [0.29, 0.717) is 28.2 Å². The van der Waals surface area contributed by atoms with Gasteiger partial charge in [-0.2, -0.15) is 0 Å². The Hall–Kier alpha value is -2.17. The number of para-hydroxylation sites is 1. The van der Waals surface area contributed by atoms with E-state index in [1.54, 1.807) is 22.8 Å². The van der Waals surface area contributed by atoms with Crippen molar-refractivity contribution in [3.8, 4) is 5.69 Å². The van der Waals surface area contributed by atoms with Crippen LogP contribution >= 0.6 is 11.6 Å². The smallest absolute Gasteiger partial charge is 0.267 e. The van der Waals surface area contributed by atoms with Crippen molar-refractivity contribution in [2.45, 2.75) is 26.3 Å². The van der Waals surface area contributed by atoms with Crippen LogP contribution in [0.2, 0.25) is 5.02 Å². The van der Waals surface area contributed by atoms with E-state index in [0.717, 1.165) is 11.3 Å². The molecule has 1 heterocycles. The summed E-state index contributed by atoms with van der Waals surface area (Å²) in [6.07, 6.45) is 0.685. The fraction of sp³-hybridized carbons (Fsp3) is 0.222. The minimum atomic E-state index is -0.328. The summed E-state index contributed by atoms with van der Waals surface area (Å²) in [4.78, 5) is 17.8. The maximum Gasteiger partial charge on any atom is 0.267 e. The number of halogens is 1. The minimum absolute atomic E-state index is 0.186. The summed E-state index contributed by atoms with van der Waals surface area (Å²) in [7, 11) is 0. The summed E-state index contributed by atoms with van der Waals surface area (Å²) in [5.41, 5.74) is 8.38. The van der Waals surface area contributed by atoms with E-state index >= 15 is 0 Å². The molecular formula is C18H18ClN3O. The second-order valence-corrected chi connectivity index (χ2v) is 5.95. The van der Waals surface area contributed by atoms with Gasteiger partial charge in [0.15, 0.2) is 0 Å². The van der Waals surface area contributed by atoms with E-state index in [2.05, 4.69) is 4.98 Å². The van der Waals surface area contributed by atoms with Gasteiger partial charge in [-0.3, -0.25) is 9.36 Å². The number of aromatic nitrogens is 2. The normalized spacial score (nSPS) is 12.5. The van der Waals surface area contributed by atoms with E-state index in [-0.39, 0.29) is 11.6 Å². The van der Waals surface area contributed by atoms with E-state index in [9.17, 15) is 4.79 Å². The Kier molecular flexibility index (Phi) is 4.20. The van der Waals surface area contributed by atoms with Gasteiger partial charge in [0.2, 0.25) is 0 Å². The average molecular weight is 328 g/mol. The molecule has 0 amide bonds. The molecule has 23 heavy (non-hydrogen) atoms. The van der Waals surface area contributed by atoms with Crippen LogP contribution in [0, 0.1) is 6.92 Å². The first-order valence-corrected chi connectivity index (χ1v) is 7.95. The van der Waals surface area contributed by atoms with Gasteiger partial charge in [-0.05, 0) is 37.1 Å². The van der Waals surface area contributed by atoms with Crippen molar-refractivity contribution in [1.82, 2.24) is 9.55 Å². The van der Waals surface area contributed by atoms with Crippen molar-refractivity contribution in [3.63, 3.8) is 0 Å². The highest BCUT2D eigenvalue weighted by Crippen LogP contribution is 2.24. The summed E-state index contributed by atoms with van der Waals surface area (Å²) in [6.45, 7) is 3.93. The van der Waals surface area contributed by atoms with Crippen LogP contribution in [0.4, 0.5) is 0 Å². The van der Waals surface area contributed by atoms with E-state index in [4.69, 9.17) is 17.3 Å². The molecule has 0 aliphatic carbocycles. The molecule has 0 radical (unpaired) electrons. The van der Waals surface area contributed by atoms with Gasteiger partial charge in [-0.25, -0.2) is 4.98 Å². The van der Waals surface area contributed by atoms with Gasteiger partial charge in [-0.15, -0.1) is 0 Å². The van der Waals surface area contributed by atoms with Crippen LogP contribution in [0.3, 0.4) is 0 Å². The van der Waals surface area contributed by atoms with Gasteiger partial charge < -0.3 is 5.73 Å². The zero-order chi connectivity index (χ0) is 16.6. The molecular weight excluding hydrogens is 310 g/mol. The van der Waals surface area contributed by atoms with Gasteiger partial charge in [-0.1, -0.05) is 42.8 Å². The molecule has 2 aromatic carbocycles. The predicted octanol–water partition coefficient (Wildman–Crippen LogP) is 3.76. The molecule has 2 N–H and O–H groups in total. The highest BCUT2D eigenvalue weighted by molar-refractivity contribution is 6.35. The first kappa shape index (κ1) is 15.7. The number of hydrogen-bond donors (Lipinski definition) is 1. The number of nitrogens with zero attached hydrogens (tertiary/aromatic N) is 2. The van der Waals surface area contributed by atoms with Crippen LogP contribution in [-0.2, 0) is 0 Å². The average Bonchev–Trinajstić information content (AvgIpc) is 2.55.